The van der Waals surface area contributed by atoms with Crippen LogP contribution in [0.1, 0.15) is 33.6 Å². The van der Waals surface area contributed by atoms with Crippen LogP contribution in [0.4, 0.5) is 5.13 Å². The Hall–Kier alpha value is -1.76. The van der Waals surface area contributed by atoms with Crippen molar-refractivity contribution < 1.29 is 17.9 Å². The molecule has 3 aromatic rings. The number of ether oxygens (including phenoxy) is 1. The smallest absolute Gasteiger partial charge is 0.252 e. The number of likely N-dealkylation sites (N-methyl/N-ethyl adjacent to an activating group) is 1. The Kier molecular flexibility index (Phi) is 9.47. The van der Waals surface area contributed by atoms with Gasteiger partial charge in [0.05, 0.1) is 21.2 Å². The van der Waals surface area contributed by atoms with E-state index in [1.807, 2.05) is 25.1 Å². The van der Waals surface area contributed by atoms with Gasteiger partial charge in [-0.15, -0.1) is 11.3 Å². The molecule has 0 aliphatic carbocycles. The molecule has 1 aliphatic rings. The molecule has 1 aliphatic heterocycles. The molecule has 2 aromatic heterocycles. The molecule has 202 valence electrons. The fraction of sp³-hybridized carbons (Fsp3) is 0.520. The average Bonchev–Trinajstić information content (AvgIpc) is 3.53. The number of halogens is 1. The standard InChI is InChI=1S/C25H33ClN4O4S3/c1-4-28(5-2)15-16-30(25-27-20-8-7-19(34-6-3)17-21(20)35-25)24(31)18-11-13-29(14-12-18)37(32,33)23-10-9-22(26)36-23/h7-10,17-18H,4-6,11-16H2,1-3H3. The fourth-order valence-electron chi connectivity index (χ4n) is 4.47. The van der Waals surface area contributed by atoms with E-state index in [1.165, 1.54) is 15.6 Å². The van der Waals surface area contributed by atoms with Gasteiger partial charge in [-0.05, 0) is 63.2 Å². The molecule has 12 heteroatoms. The zero-order chi connectivity index (χ0) is 26.6. The summed E-state index contributed by atoms with van der Waals surface area (Å²) in [7, 11) is -3.60. The number of sulfonamides is 1. The number of nitrogens with zero attached hydrogens (tertiary/aromatic N) is 4. The molecule has 0 saturated carbocycles. The van der Waals surface area contributed by atoms with E-state index in [1.54, 1.807) is 17.0 Å². The van der Waals surface area contributed by atoms with E-state index in [0.717, 1.165) is 46.9 Å². The van der Waals surface area contributed by atoms with E-state index in [-0.39, 0.29) is 16.0 Å². The number of carbonyl (C=O) groups is 1. The van der Waals surface area contributed by atoms with Gasteiger partial charge in [0, 0.05) is 32.1 Å². The number of fused-ring (bicyclic) bond motifs is 1. The second kappa shape index (κ2) is 12.4. The summed E-state index contributed by atoms with van der Waals surface area (Å²) < 4.78 is 34.8. The zero-order valence-electron chi connectivity index (χ0n) is 21.4. The third-order valence-corrected chi connectivity index (χ3v) is 11.3. The number of hydrogen-bond acceptors (Lipinski definition) is 8. The number of benzene rings is 1. The Bertz CT molecular complexity index is 1310. The number of anilines is 1. The highest BCUT2D eigenvalue weighted by Gasteiger charge is 2.35. The van der Waals surface area contributed by atoms with Gasteiger partial charge in [-0.3, -0.25) is 9.69 Å². The number of amides is 1. The molecule has 1 aromatic carbocycles. The molecule has 0 atom stereocenters. The predicted molar refractivity (Wildman–Crippen MR) is 152 cm³/mol. The second-order valence-corrected chi connectivity index (χ2v) is 13.7. The van der Waals surface area contributed by atoms with E-state index >= 15 is 0 Å². The van der Waals surface area contributed by atoms with Crippen molar-refractivity contribution in [2.75, 3.05) is 50.8 Å². The van der Waals surface area contributed by atoms with Crippen LogP contribution in [0.2, 0.25) is 4.34 Å². The third-order valence-electron chi connectivity index (χ3n) is 6.64. The van der Waals surface area contributed by atoms with Gasteiger partial charge in [0.2, 0.25) is 5.91 Å². The summed E-state index contributed by atoms with van der Waals surface area (Å²) >= 11 is 8.50. The van der Waals surface area contributed by atoms with Gasteiger partial charge in [0.1, 0.15) is 9.96 Å². The Morgan fingerprint density at radius 2 is 1.84 bits per heavy atom. The normalized spacial score (nSPS) is 15.5. The largest absolute Gasteiger partial charge is 0.494 e. The first-order valence-electron chi connectivity index (χ1n) is 12.6. The minimum absolute atomic E-state index is 0.00691. The van der Waals surface area contributed by atoms with Crippen LogP contribution in [-0.4, -0.2) is 74.4 Å². The number of thiazole rings is 1. The summed E-state index contributed by atoms with van der Waals surface area (Å²) in [5, 5.41) is 0.670. The Labute approximate surface area is 231 Å². The summed E-state index contributed by atoms with van der Waals surface area (Å²) in [6.45, 7) is 10.4. The second-order valence-electron chi connectivity index (χ2n) is 8.81. The van der Waals surface area contributed by atoms with Crippen LogP contribution in [0.25, 0.3) is 10.2 Å². The number of thiophene rings is 1. The SMILES string of the molecule is CCOc1ccc2nc(N(CCN(CC)CC)C(=O)C3CCN(S(=O)(=O)c4ccc(Cl)s4)CC3)sc2c1. The molecule has 0 N–H and O–H groups in total. The average molecular weight is 585 g/mol. The molecule has 0 spiro atoms. The molecule has 0 bridgehead atoms. The highest BCUT2D eigenvalue weighted by atomic mass is 35.5. The molecule has 0 radical (unpaired) electrons. The van der Waals surface area contributed by atoms with Gasteiger partial charge < -0.3 is 9.64 Å². The number of hydrogen-bond donors (Lipinski definition) is 0. The Balaban J connectivity index is 1.52. The van der Waals surface area contributed by atoms with E-state index < -0.39 is 10.0 Å². The summed E-state index contributed by atoms with van der Waals surface area (Å²) in [4.78, 5) is 22.7. The van der Waals surface area contributed by atoms with E-state index in [0.29, 0.717) is 48.6 Å². The van der Waals surface area contributed by atoms with Crippen molar-refractivity contribution in [3.05, 3.63) is 34.7 Å². The predicted octanol–water partition coefficient (Wildman–Crippen LogP) is 5.19. The van der Waals surface area contributed by atoms with Crippen LogP contribution in [0.5, 0.6) is 5.75 Å². The number of piperidine rings is 1. The number of carbonyl (C=O) groups excluding carboxylic acids is 1. The van der Waals surface area contributed by atoms with Gasteiger partial charge >= 0.3 is 0 Å². The Morgan fingerprint density at radius 3 is 2.46 bits per heavy atom. The molecule has 37 heavy (non-hydrogen) atoms. The lowest BCUT2D eigenvalue weighted by molar-refractivity contribution is -0.123. The van der Waals surface area contributed by atoms with Crippen molar-refractivity contribution in [2.45, 2.75) is 37.8 Å². The lowest BCUT2D eigenvalue weighted by atomic mass is 9.96. The first-order chi connectivity index (χ1) is 17.8. The van der Waals surface area contributed by atoms with E-state index in [2.05, 4.69) is 18.7 Å². The van der Waals surface area contributed by atoms with Gasteiger partial charge in [-0.25, -0.2) is 13.4 Å². The van der Waals surface area contributed by atoms with Crippen molar-refractivity contribution in [2.24, 2.45) is 5.92 Å². The molecule has 1 amide bonds. The van der Waals surface area contributed by atoms with E-state index in [9.17, 15) is 13.2 Å². The van der Waals surface area contributed by atoms with Crippen molar-refractivity contribution in [1.82, 2.24) is 14.2 Å². The highest BCUT2D eigenvalue weighted by molar-refractivity contribution is 7.91. The monoisotopic (exact) mass is 584 g/mol. The zero-order valence-corrected chi connectivity index (χ0v) is 24.6. The molecule has 8 nitrogen and oxygen atoms in total. The molecule has 3 heterocycles. The van der Waals surface area contributed by atoms with Crippen molar-refractivity contribution in [3.63, 3.8) is 0 Å². The molecule has 1 fully saturated rings. The first-order valence-corrected chi connectivity index (χ1v) is 16.0. The maximum Gasteiger partial charge on any atom is 0.252 e. The maximum atomic E-state index is 13.8. The van der Waals surface area contributed by atoms with Gasteiger partial charge in [-0.2, -0.15) is 4.31 Å². The fourth-order valence-corrected chi connectivity index (χ4v) is 8.61. The van der Waals surface area contributed by atoms with Crippen LogP contribution in [0, 0.1) is 5.92 Å². The van der Waals surface area contributed by atoms with Crippen LogP contribution in [0.3, 0.4) is 0 Å². The molecular weight excluding hydrogens is 552 g/mol. The molecule has 4 rings (SSSR count). The summed E-state index contributed by atoms with van der Waals surface area (Å²) in [5.74, 6) is 0.528. The van der Waals surface area contributed by atoms with Gasteiger partial charge in [-0.1, -0.05) is 36.8 Å². The first kappa shape index (κ1) is 28.3. The lowest BCUT2D eigenvalue weighted by Gasteiger charge is -2.33. The third kappa shape index (κ3) is 6.46. The van der Waals surface area contributed by atoms with Crippen molar-refractivity contribution in [3.8, 4) is 5.75 Å². The van der Waals surface area contributed by atoms with Crippen molar-refractivity contribution in [1.29, 1.82) is 0 Å². The van der Waals surface area contributed by atoms with Crippen LogP contribution in [0.15, 0.2) is 34.5 Å². The topological polar surface area (TPSA) is 83.1 Å². The van der Waals surface area contributed by atoms with Crippen LogP contribution in [-0.2, 0) is 14.8 Å². The highest BCUT2D eigenvalue weighted by Crippen LogP contribution is 2.34. The molecule has 1 saturated heterocycles. The van der Waals surface area contributed by atoms with Gasteiger partial charge in [0.15, 0.2) is 5.13 Å². The minimum Gasteiger partial charge on any atom is -0.494 e. The maximum absolute atomic E-state index is 13.8. The van der Waals surface area contributed by atoms with Crippen molar-refractivity contribution >= 4 is 65.6 Å². The summed E-state index contributed by atoms with van der Waals surface area (Å²) in [5.41, 5.74) is 0.833. The molecule has 0 unspecified atom stereocenters. The number of aromatic nitrogens is 1. The Morgan fingerprint density at radius 1 is 1.11 bits per heavy atom. The van der Waals surface area contributed by atoms with Gasteiger partial charge in [0.25, 0.3) is 10.0 Å². The minimum atomic E-state index is -3.60. The molecular formula is C25H33ClN4O4S3. The van der Waals surface area contributed by atoms with E-state index in [4.69, 9.17) is 21.3 Å². The van der Waals surface area contributed by atoms with Crippen LogP contribution < -0.4 is 9.64 Å². The summed E-state index contributed by atoms with van der Waals surface area (Å²) in [6, 6.07) is 8.92. The van der Waals surface area contributed by atoms with Crippen LogP contribution >= 0.6 is 34.3 Å². The quantitative estimate of drug-likeness (QED) is 0.309. The summed E-state index contributed by atoms with van der Waals surface area (Å²) in [6.07, 6.45) is 0.941. The number of rotatable bonds is 11. The lowest BCUT2D eigenvalue weighted by Crippen LogP contribution is -2.46.